The number of aryl methyl sites for hydroxylation is 2. The van der Waals surface area contributed by atoms with Gasteiger partial charge < -0.3 is 9.47 Å². The first-order valence-electron chi connectivity index (χ1n) is 8.19. The zero-order valence-corrected chi connectivity index (χ0v) is 16.4. The van der Waals surface area contributed by atoms with E-state index in [0.717, 1.165) is 33.6 Å². The van der Waals surface area contributed by atoms with E-state index < -0.39 is 0 Å². The van der Waals surface area contributed by atoms with Crippen molar-refractivity contribution >= 4 is 23.7 Å². The van der Waals surface area contributed by atoms with Gasteiger partial charge in [-0.2, -0.15) is 5.10 Å². The van der Waals surface area contributed by atoms with Crippen molar-refractivity contribution in [3.05, 3.63) is 57.1 Å². The number of methoxy groups -OCH3 is 1. The van der Waals surface area contributed by atoms with E-state index in [-0.39, 0.29) is 12.5 Å². The van der Waals surface area contributed by atoms with E-state index in [1.54, 1.807) is 25.5 Å². The average molecular weight is 375 g/mol. The first-order chi connectivity index (χ1) is 12.3. The maximum Gasteiger partial charge on any atom is 0.277 e. The molecule has 2 aromatic carbocycles. The Morgan fingerprint density at radius 2 is 1.81 bits per heavy atom. The normalized spacial score (nSPS) is 10.8. The number of hydrazone groups is 1. The van der Waals surface area contributed by atoms with Crippen LogP contribution in [0.5, 0.6) is 11.5 Å². The van der Waals surface area contributed by atoms with Crippen LogP contribution in [0.1, 0.15) is 27.8 Å². The van der Waals surface area contributed by atoms with Crippen LogP contribution >= 0.6 is 11.6 Å². The predicted molar refractivity (Wildman–Crippen MR) is 105 cm³/mol. The van der Waals surface area contributed by atoms with Crippen LogP contribution in [0, 0.1) is 27.7 Å². The molecule has 0 atom stereocenters. The molecule has 0 saturated carbocycles. The maximum atomic E-state index is 11.9. The molecule has 1 N–H and O–H groups in total. The quantitative estimate of drug-likeness (QED) is 0.611. The van der Waals surface area contributed by atoms with E-state index in [4.69, 9.17) is 21.1 Å². The predicted octanol–water partition coefficient (Wildman–Crippen LogP) is 4.11. The molecule has 0 saturated heterocycles. The van der Waals surface area contributed by atoms with Crippen LogP contribution in [0.3, 0.4) is 0 Å². The van der Waals surface area contributed by atoms with E-state index in [1.165, 1.54) is 0 Å². The highest BCUT2D eigenvalue weighted by molar-refractivity contribution is 6.32. The number of ether oxygens (including phenoxy) is 2. The van der Waals surface area contributed by atoms with E-state index in [2.05, 4.69) is 10.5 Å². The molecule has 0 aromatic heterocycles. The highest BCUT2D eigenvalue weighted by Crippen LogP contribution is 2.26. The average Bonchev–Trinajstić information content (AvgIpc) is 2.61. The first kappa shape index (κ1) is 19.8. The molecule has 0 unspecified atom stereocenters. The number of halogens is 1. The molecule has 2 rings (SSSR count). The third-order valence-electron chi connectivity index (χ3n) is 4.17. The number of amides is 1. The van der Waals surface area contributed by atoms with Crippen LogP contribution in [0.2, 0.25) is 5.02 Å². The second kappa shape index (κ2) is 8.72. The van der Waals surface area contributed by atoms with E-state index >= 15 is 0 Å². The van der Waals surface area contributed by atoms with Gasteiger partial charge in [-0.1, -0.05) is 11.6 Å². The molecule has 0 spiro atoms. The number of benzene rings is 2. The summed E-state index contributed by atoms with van der Waals surface area (Å²) in [6.45, 7) is 7.62. The Labute approximate surface area is 159 Å². The van der Waals surface area contributed by atoms with Gasteiger partial charge in [-0.05, 0) is 79.8 Å². The van der Waals surface area contributed by atoms with Crippen LogP contribution in [-0.2, 0) is 4.79 Å². The summed E-state index contributed by atoms with van der Waals surface area (Å²) in [4.78, 5) is 11.9. The monoisotopic (exact) mass is 374 g/mol. The van der Waals surface area contributed by atoms with Crippen LogP contribution in [0.25, 0.3) is 0 Å². The fourth-order valence-corrected chi connectivity index (χ4v) is 2.63. The van der Waals surface area contributed by atoms with Crippen molar-refractivity contribution in [2.75, 3.05) is 13.7 Å². The standard InChI is InChI=1S/C20H23ClN2O3/c1-12-8-17(9-13(2)20(12)21)26-11-19(24)23-22-10-16-6-7-18(25-5)15(4)14(16)3/h6-10H,11H2,1-5H3,(H,23,24)/b22-10+. The molecule has 1 amide bonds. The number of carbonyl (C=O) groups is 1. The minimum atomic E-state index is -0.339. The van der Waals surface area contributed by atoms with Gasteiger partial charge >= 0.3 is 0 Å². The van der Waals surface area contributed by atoms with E-state index in [0.29, 0.717) is 10.8 Å². The molecule has 0 fully saturated rings. The molecule has 0 radical (unpaired) electrons. The third-order valence-corrected chi connectivity index (χ3v) is 4.77. The van der Waals surface area contributed by atoms with Crippen molar-refractivity contribution in [2.24, 2.45) is 5.10 Å². The highest BCUT2D eigenvalue weighted by Gasteiger charge is 2.07. The molecule has 0 aliphatic carbocycles. The summed E-state index contributed by atoms with van der Waals surface area (Å²) < 4.78 is 10.8. The molecule has 0 heterocycles. The van der Waals surface area contributed by atoms with Gasteiger partial charge in [0.25, 0.3) is 5.91 Å². The number of nitrogens with zero attached hydrogens (tertiary/aromatic N) is 1. The van der Waals surface area contributed by atoms with Crippen LogP contribution in [-0.4, -0.2) is 25.8 Å². The van der Waals surface area contributed by atoms with Gasteiger partial charge in [0.1, 0.15) is 11.5 Å². The molecule has 138 valence electrons. The van der Waals surface area contributed by atoms with Crippen molar-refractivity contribution in [3.63, 3.8) is 0 Å². The number of nitrogens with one attached hydrogen (secondary N) is 1. The van der Waals surface area contributed by atoms with Crippen molar-refractivity contribution in [1.82, 2.24) is 5.43 Å². The van der Waals surface area contributed by atoms with Gasteiger partial charge in [-0.3, -0.25) is 4.79 Å². The van der Waals surface area contributed by atoms with Crippen LogP contribution in [0.15, 0.2) is 29.4 Å². The lowest BCUT2D eigenvalue weighted by Crippen LogP contribution is -2.24. The van der Waals surface area contributed by atoms with Crippen molar-refractivity contribution in [3.8, 4) is 11.5 Å². The minimum Gasteiger partial charge on any atom is -0.496 e. The van der Waals surface area contributed by atoms with Crippen LogP contribution < -0.4 is 14.9 Å². The lowest BCUT2D eigenvalue weighted by molar-refractivity contribution is -0.123. The molecule has 6 heteroatoms. The second-order valence-corrected chi connectivity index (χ2v) is 6.44. The summed E-state index contributed by atoms with van der Waals surface area (Å²) in [5.41, 5.74) is 7.28. The Hall–Kier alpha value is -2.53. The summed E-state index contributed by atoms with van der Waals surface area (Å²) in [7, 11) is 1.64. The Kier molecular flexibility index (Phi) is 6.64. The summed E-state index contributed by atoms with van der Waals surface area (Å²) in [5.74, 6) is 1.09. The smallest absolute Gasteiger partial charge is 0.277 e. The van der Waals surface area contributed by atoms with Gasteiger partial charge in [-0.25, -0.2) is 5.43 Å². The topological polar surface area (TPSA) is 59.9 Å². The molecule has 26 heavy (non-hydrogen) atoms. The second-order valence-electron chi connectivity index (χ2n) is 6.06. The summed E-state index contributed by atoms with van der Waals surface area (Å²) in [6.07, 6.45) is 1.61. The zero-order chi connectivity index (χ0) is 19.3. The summed E-state index contributed by atoms with van der Waals surface area (Å²) in [5, 5.41) is 4.70. The highest BCUT2D eigenvalue weighted by atomic mass is 35.5. The van der Waals surface area contributed by atoms with Crippen molar-refractivity contribution in [2.45, 2.75) is 27.7 Å². The molecule has 0 aliphatic heterocycles. The summed E-state index contributed by atoms with van der Waals surface area (Å²) >= 11 is 6.12. The maximum absolute atomic E-state index is 11.9. The van der Waals surface area contributed by atoms with Crippen molar-refractivity contribution < 1.29 is 14.3 Å². The molecular weight excluding hydrogens is 352 g/mol. The SMILES string of the molecule is COc1ccc(/C=N/NC(=O)COc2cc(C)c(Cl)c(C)c2)c(C)c1C. The summed E-state index contributed by atoms with van der Waals surface area (Å²) in [6, 6.07) is 7.37. The number of rotatable bonds is 6. The van der Waals surface area contributed by atoms with Gasteiger partial charge in [0.05, 0.1) is 13.3 Å². The Morgan fingerprint density at radius 3 is 2.42 bits per heavy atom. The lowest BCUT2D eigenvalue weighted by atomic mass is 10.0. The van der Waals surface area contributed by atoms with Crippen molar-refractivity contribution in [1.29, 1.82) is 0 Å². The number of carbonyl (C=O) groups excluding carboxylic acids is 1. The van der Waals surface area contributed by atoms with Gasteiger partial charge in [0.15, 0.2) is 6.61 Å². The first-order valence-corrected chi connectivity index (χ1v) is 8.57. The third kappa shape index (κ3) is 4.76. The molecule has 2 aromatic rings. The Morgan fingerprint density at radius 1 is 1.15 bits per heavy atom. The number of hydrogen-bond donors (Lipinski definition) is 1. The Bertz CT molecular complexity index is 824. The zero-order valence-electron chi connectivity index (χ0n) is 15.6. The lowest BCUT2D eigenvalue weighted by Gasteiger charge is -2.10. The molecular formula is C20H23ClN2O3. The molecule has 0 bridgehead atoms. The molecule has 5 nitrogen and oxygen atoms in total. The fourth-order valence-electron chi connectivity index (χ4n) is 2.52. The Balaban J connectivity index is 1.93. The minimum absolute atomic E-state index is 0.127. The van der Waals surface area contributed by atoms with Gasteiger partial charge in [0.2, 0.25) is 0 Å². The van der Waals surface area contributed by atoms with E-state index in [1.807, 2.05) is 39.8 Å². The van der Waals surface area contributed by atoms with Crippen LogP contribution in [0.4, 0.5) is 0 Å². The number of hydrogen-bond acceptors (Lipinski definition) is 4. The van der Waals surface area contributed by atoms with Gasteiger partial charge in [-0.15, -0.1) is 0 Å². The molecule has 0 aliphatic rings. The van der Waals surface area contributed by atoms with Gasteiger partial charge in [0, 0.05) is 5.02 Å². The fraction of sp³-hybridized carbons (Fsp3) is 0.300. The largest absolute Gasteiger partial charge is 0.496 e. The van der Waals surface area contributed by atoms with E-state index in [9.17, 15) is 4.79 Å².